The molecule has 0 radical (unpaired) electrons. The zero-order valence-corrected chi connectivity index (χ0v) is 20.9. The van der Waals surface area contributed by atoms with Crippen molar-refractivity contribution in [3.05, 3.63) is 71.7 Å². The van der Waals surface area contributed by atoms with E-state index in [1.54, 1.807) is 17.0 Å². The fraction of sp³-hybridized carbons (Fsp3) is 0.429. The molecule has 9 heteroatoms. The summed E-state index contributed by atoms with van der Waals surface area (Å²) in [4.78, 5) is 29.8. The van der Waals surface area contributed by atoms with E-state index in [1.165, 1.54) is 12.1 Å². The van der Waals surface area contributed by atoms with Crippen LogP contribution >= 0.6 is 0 Å². The molecule has 3 aromatic rings. The van der Waals surface area contributed by atoms with Gasteiger partial charge >= 0.3 is 6.03 Å². The quantitative estimate of drug-likeness (QED) is 0.317. The van der Waals surface area contributed by atoms with Crippen molar-refractivity contribution >= 4 is 22.8 Å². The van der Waals surface area contributed by atoms with Gasteiger partial charge in [0.1, 0.15) is 12.4 Å². The zero-order chi connectivity index (χ0) is 26.0. The Kier molecular flexibility index (Phi) is 9.51. The van der Waals surface area contributed by atoms with Crippen LogP contribution in [0.25, 0.3) is 10.9 Å². The molecule has 0 bridgehead atoms. The van der Waals surface area contributed by atoms with Gasteiger partial charge in [0.2, 0.25) is 5.91 Å². The molecule has 4 rings (SSSR count). The SMILES string of the molecule is O=C(COCc1ccc(F)cc1)NCCC1CCN(C(=O)NC(CO)Cc2c[nH]c3ccccc23)CC1. The van der Waals surface area contributed by atoms with Crippen molar-refractivity contribution in [2.24, 2.45) is 5.92 Å². The van der Waals surface area contributed by atoms with E-state index in [2.05, 4.69) is 15.6 Å². The Balaban J connectivity index is 1.11. The lowest BCUT2D eigenvalue weighted by Gasteiger charge is -2.33. The van der Waals surface area contributed by atoms with E-state index in [1.807, 2.05) is 30.5 Å². The fourth-order valence-electron chi connectivity index (χ4n) is 4.73. The molecular formula is C28H35FN4O4. The molecule has 0 spiro atoms. The number of aromatic amines is 1. The minimum atomic E-state index is -0.357. The number of aliphatic hydroxyl groups excluding tert-OH is 1. The number of rotatable bonds is 11. The molecule has 2 heterocycles. The largest absolute Gasteiger partial charge is 0.394 e. The first kappa shape index (κ1) is 26.6. The number of benzene rings is 2. The van der Waals surface area contributed by atoms with Gasteiger partial charge in [-0.25, -0.2) is 9.18 Å². The van der Waals surface area contributed by atoms with Crippen LogP contribution in [0.15, 0.2) is 54.7 Å². The van der Waals surface area contributed by atoms with Crippen LogP contribution in [0.2, 0.25) is 0 Å². The van der Waals surface area contributed by atoms with Gasteiger partial charge < -0.3 is 30.4 Å². The van der Waals surface area contributed by atoms with E-state index >= 15 is 0 Å². The predicted molar refractivity (Wildman–Crippen MR) is 139 cm³/mol. The zero-order valence-electron chi connectivity index (χ0n) is 20.9. The molecule has 3 amide bonds. The lowest BCUT2D eigenvalue weighted by molar-refractivity contribution is -0.126. The van der Waals surface area contributed by atoms with Gasteiger partial charge in [-0.1, -0.05) is 30.3 Å². The molecule has 1 atom stereocenters. The minimum Gasteiger partial charge on any atom is -0.394 e. The van der Waals surface area contributed by atoms with E-state index in [0.29, 0.717) is 32.0 Å². The number of carbonyl (C=O) groups is 2. The number of hydrogen-bond acceptors (Lipinski definition) is 4. The standard InChI is InChI=1S/C28H35FN4O4/c29-23-7-5-21(6-8-23)18-37-19-27(35)30-12-9-20-10-13-33(14-11-20)28(36)32-24(17-34)15-22-16-31-26-4-2-1-3-25(22)26/h1-8,16,20,24,31,34H,9-15,17-19H2,(H,30,35)(H,32,36). The number of nitrogens with one attached hydrogen (secondary N) is 3. The highest BCUT2D eigenvalue weighted by molar-refractivity contribution is 5.83. The number of aliphatic hydroxyl groups is 1. The summed E-state index contributed by atoms with van der Waals surface area (Å²) in [5.41, 5.74) is 2.92. The maximum atomic E-state index is 12.9. The second-order valence-electron chi connectivity index (χ2n) is 9.58. The van der Waals surface area contributed by atoms with Gasteiger partial charge in [-0.15, -0.1) is 0 Å². The van der Waals surface area contributed by atoms with Crippen LogP contribution in [0.1, 0.15) is 30.4 Å². The summed E-state index contributed by atoms with van der Waals surface area (Å²) in [6.07, 6.45) is 5.07. The van der Waals surface area contributed by atoms with Gasteiger partial charge in [-0.05, 0) is 60.9 Å². The van der Waals surface area contributed by atoms with Crippen molar-refractivity contribution in [1.29, 1.82) is 0 Å². The van der Waals surface area contributed by atoms with Crippen LogP contribution < -0.4 is 10.6 Å². The van der Waals surface area contributed by atoms with Crippen molar-refractivity contribution in [2.75, 3.05) is 32.8 Å². The second kappa shape index (κ2) is 13.2. The summed E-state index contributed by atoms with van der Waals surface area (Å²) in [7, 11) is 0. The van der Waals surface area contributed by atoms with E-state index < -0.39 is 0 Å². The summed E-state index contributed by atoms with van der Waals surface area (Å²) >= 11 is 0. The number of piperidine rings is 1. The number of carbonyl (C=O) groups excluding carboxylic acids is 2. The third kappa shape index (κ3) is 7.77. The smallest absolute Gasteiger partial charge is 0.317 e. The number of amides is 3. The topological polar surface area (TPSA) is 107 Å². The predicted octanol–water partition coefficient (Wildman–Crippen LogP) is 3.36. The third-order valence-corrected chi connectivity index (χ3v) is 6.88. The first-order chi connectivity index (χ1) is 18.0. The molecule has 1 saturated heterocycles. The molecule has 2 aromatic carbocycles. The number of urea groups is 1. The Bertz CT molecular complexity index is 1160. The van der Waals surface area contributed by atoms with Crippen molar-refractivity contribution in [3.8, 4) is 0 Å². The number of nitrogens with zero attached hydrogens (tertiary/aromatic N) is 1. The van der Waals surface area contributed by atoms with Crippen LogP contribution in [-0.4, -0.2) is 65.8 Å². The van der Waals surface area contributed by atoms with Crippen LogP contribution in [0.4, 0.5) is 9.18 Å². The molecule has 8 nitrogen and oxygen atoms in total. The Morgan fingerprint density at radius 3 is 2.65 bits per heavy atom. The molecule has 1 aromatic heterocycles. The van der Waals surface area contributed by atoms with Gasteiger partial charge in [-0.2, -0.15) is 0 Å². The van der Waals surface area contributed by atoms with E-state index in [-0.39, 0.29) is 43.6 Å². The first-order valence-electron chi connectivity index (χ1n) is 12.8. The van der Waals surface area contributed by atoms with Crippen molar-refractivity contribution < 1.29 is 23.8 Å². The summed E-state index contributed by atoms with van der Waals surface area (Å²) in [6.45, 7) is 1.95. The number of hydrogen-bond donors (Lipinski definition) is 4. The Morgan fingerprint density at radius 2 is 1.89 bits per heavy atom. The number of aromatic nitrogens is 1. The normalized spacial score (nSPS) is 15.0. The lowest BCUT2D eigenvalue weighted by Crippen LogP contribution is -2.49. The average Bonchev–Trinajstić information content (AvgIpc) is 3.32. The molecule has 198 valence electrons. The molecule has 1 aliphatic heterocycles. The second-order valence-corrected chi connectivity index (χ2v) is 9.58. The van der Waals surface area contributed by atoms with Crippen LogP contribution in [0.5, 0.6) is 0 Å². The Hall–Kier alpha value is -3.43. The number of para-hydroxylation sites is 1. The lowest BCUT2D eigenvalue weighted by atomic mass is 9.93. The average molecular weight is 511 g/mol. The Morgan fingerprint density at radius 1 is 1.14 bits per heavy atom. The highest BCUT2D eigenvalue weighted by Gasteiger charge is 2.24. The highest BCUT2D eigenvalue weighted by Crippen LogP contribution is 2.21. The van der Waals surface area contributed by atoms with Gasteiger partial charge in [0.15, 0.2) is 0 Å². The van der Waals surface area contributed by atoms with Crippen molar-refractivity contribution in [2.45, 2.75) is 38.3 Å². The van der Waals surface area contributed by atoms with Crippen LogP contribution in [-0.2, 0) is 22.6 Å². The number of fused-ring (bicyclic) bond motifs is 1. The minimum absolute atomic E-state index is 0.0411. The number of H-pyrrole nitrogens is 1. The van der Waals surface area contributed by atoms with Gasteiger partial charge in [0.05, 0.1) is 19.3 Å². The fourth-order valence-corrected chi connectivity index (χ4v) is 4.73. The monoisotopic (exact) mass is 510 g/mol. The molecular weight excluding hydrogens is 475 g/mol. The Labute approximate surface area is 216 Å². The molecule has 1 aliphatic rings. The van der Waals surface area contributed by atoms with E-state index in [0.717, 1.165) is 41.3 Å². The molecule has 4 N–H and O–H groups in total. The number of ether oxygens (including phenoxy) is 1. The van der Waals surface area contributed by atoms with Crippen molar-refractivity contribution in [3.63, 3.8) is 0 Å². The molecule has 1 unspecified atom stereocenters. The number of likely N-dealkylation sites (tertiary alicyclic amines) is 1. The molecule has 37 heavy (non-hydrogen) atoms. The summed E-state index contributed by atoms with van der Waals surface area (Å²) in [5.74, 6) is -0.0442. The number of halogens is 1. The molecule has 1 fully saturated rings. The first-order valence-corrected chi connectivity index (χ1v) is 12.8. The summed E-state index contributed by atoms with van der Waals surface area (Å²) < 4.78 is 18.3. The van der Waals surface area contributed by atoms with Crippen LogP contribution in [0, 0.1) is 11.7 Å². The third-order valence-electron chi connectivity index (χ3n) is 6.88. The van der Waals surface area contributed by atoms with Crippen molar-refractivity contribution in [1.82, 2.24) is 20.5 Å². The van der Waals surface area contributed by atoms with E-state index in [4.69, 9.17) is 4.74 Å². The van der Waals surface area contributed by atoms with Gasteiger partial charge in [-0.3, -0.25) is 4.79 Å². The maximum absolute atomic E-state index is 12.9. The molecule has 0 saturated carbocycles. The van der Waals surface area contributed by atoms with Gasteiger partial charge in [0, 0.05) is 36.7 Å². The van der Waals surface area contributed by atoms with Gasteiger partial charge in [0.25, 0.3) is 0 Å². The van der Waals surface area contributed by atoms with Crippen LogP contribution in [0.3, 0.4) is 0 Å². The van der Waals surface area contributed by atoms with E-state index in [9.17, 15) is 19.1 Å². The summed E-state index contributed by atoms with van der Waals surface area (Å²) in [6, 6.07) is 13.5. The maximum Gasteiger partial charge on any atom is 0.317 e. The molecule has 0 aliphatic carbocycles. The summed E-state index contributed by atoms with van der Waals surface area (Å²) in [5, 5.41) is 16.8. The highest BCUT2D eigenvalue weighted by atomic mass is 19.1.